The molecule has 0 spiro atoms. The summed E-state index contributed by atoms with van der Waals surface area (Å²) in [5.74, 6) is -0.0797. The predicted octanol–water partition coefficient (Wildman–Crippen LogP) is 8.14. The van der Waals surface area contributed by atoms with Crippen LogP contribution in [0.2, 0.25) is 10.0 Å². The molecule has 2 aromatic heterocycles. The van der Waals surface area contributed by atoms with Crippen LogP contribution < -0.4 is 10.6 Å². The molecule has 4 aromatic rings. The van der Waals surface area contributed by atoms with Crippen molar-refractivity contribution in [2.45, 2.75) is 49.6 Å². The Morgan fingerprint density at radius 3 is 2.02 bits per heavy atom. The van der Waals surface area contributed by atoms with Crippen LogP contribution in [-0.4, -0.2) is 23.9 Å². The number of hydrogen-bond acceptors (Lipinski definition) is 4. The summed E-state index contributed by atoms with van der Waals surface area (Å²) in [4.78, 5) is 28.7. The van der Waals surface area contributed by atoms with E-state index in [9.17, 15) is 9.59 Å². The summed E-state index contributed by atoms with van der Waals surface area (Å²) >= 11 is 16.6. The standard InChI is InChI=1S/C34H30Cl2N2O2S2/c1-2-33(39)37-21-16-27(24-8-4-6-10-30(24)36)28-19-22(42-32(28)18-21)11-12-34(40)38-20-15-26(23-7-3-5-9-29(23)35)25-13-14-41-31(25)17-20/h2-14,19-21,26-27H,1,15-18H2,(H,37,39)(H,38,40)/b12-11-/t20-,21+,26-,27-/m1/s1. The predicted molar refractivity (Wildman–Crippen MR) is 175 cm³/mol. The van der Waals surface area contributed by atoms with Crippen molar-refractivity contribution in [3.63, 3.8) is 0 Å². The summed E-state index contributed by atoms with van der Waals surface area (Å²) in [6, 6.07) is 20.2. The average molecular weight is 634 g/mol. The van der Waals surface area contributed by atoms with Gasteiger partial charge in [-0.15, -0.1) is 22.7 Å². The molecule has 2 amide bonds. The Hall–Kier alpha value is -3.16. The smallest absolute Gasteiger partial charge is 0.244 e. The fourth-order valence-corrected chi connectivity index (χ4v) is 9.02. The number of benzene rings is 2. The zero-order valence-electron chi connectivity index (χ0n) is 22.8. The molecule has 2 aromatic carbocycles. The molecule has 4 nitrogen and oxygen atoms in total. The van der Waals surface area contributed by atoms with Crippen molar-refractivity contribution >= 4 is 63.8 Å². The lowest BCUT2D eigenvalue weighted by Gasteiger charge is -2.30. The van der Waals surface area contributed by atoms with E-state index in [2.05, 4.69) is 40.8 Å². The lowest BCUT2D eigenvalue weighted by Crippen LogP contribution is -2.39. The first kappa shape index (κ1) is 28.9. The molecule has 6 rings (SSSR count). The van der Waals surface area contributed by atoms with Gasteiger partial charge in [-0.25, -0.2) is 0 Å². The molecule has 42 heavy (non-hydrogen) atoms. The number of nitrogens with one attached hydrogen (secondary N) is 2. The highest BCUT2D eigenvalue weighted by molar-refractivity contribution is 7.13. The Morgan fingerprint density at radius 1 is 0.786 bits per heavy atom. The summed E-state index contributed by atoms with van der Waals surface area (Å²) < 4.78 is 0. The van der Waals surface area contributed by atoms with Gasteiger partial charge in [0.05, 0.1) is 0 Å². The normalized spacial score (nSPS) is 21.4. The molecule has 0 saturated carbocycles. The van der Waals surface area contributed by atoms with Crippen LogP contribution in [0.25, 0.3) is 6.08 Å². The SMILES string of the molecule is C=CC(=O)N[C@@H]1Cc2sc(/C=C\C(=O)N[C@H]3Cc4sccc4[C@@H](c4ccccc4Cl)C3)cc2[C@@H](c2ccccc2Cl)C1. The van der Waals surface area contributed by atoms with Gasteiger partial charge in [-0.2, -0.15) is 0 Å². The summed E-state index contributed by atoms with van der Waals surface area (Å²) in [5.41, 5.74) is 4.67. The second-order valence-electron chi connectivity index (χ2n) is 10.8. The van der Waals surface area contributed by atoms with Gasteiger partial charge >= 0.3 is 0 Å². The van der Waals surface area contributed by atoms with Crippen LogP contribution in [0.15, 0.2) is 84.8 Å². The number of carbonyl (C=O) groups excluding carboxylic acids is 2. The van der Waals surface area contributed by atoms with Gasteiger partial charge in [-0.1, -0.05) is 66.2 Å². The Labute approximate surface area is 264 Å². The fourth-order valence-electron chi connectivity index (χ4n) is 6.26. The summed E-state index contributed by atoms with van der Waals surface area (Å²) in [6.07, 6.45) is 7.93. The number of fused-ring (bicyclic) bond motifs is 2. The highest BCUT2D eigenvalue weighted by atomic mass is 35.5. The number of amides is 2. The van der Waals surface area contributed by atoms with Crippen LogP contribution in [0.1, 0.15) is 61.6 Å². The van der Waals surface area contributed by atoms with Crippen LogP contribution in [0, 0.1) is 0 Å². The van der Waals surface area contributed by atoms with E-state index in [1.807, 2.05) is 48.5 Å². The summed E-state index contributed by atoms with van der Waals surface area (Å²) in [5, 5.41) is 9.92. The van der Waals surface area contributed by atoms with Gasteiger partial charge < -0.3 is 10.6 Å². The van der Waals surface area contributed by atoms with Crippen molar-refractivity contribution in [3.8, 4) is 0 Å². The van der Waals surface area contributed by atoms with E-state index in [1.165, 1.54) is 27.0 Å². The molecule has 0 aliphatic heterocycles. The van der Waals surface area contributed by atoms with Crippen molar-refractivity contribution in [3.05, 3.63) is 132 Å². The first-order chi connectivity index (χ1) is 20.4. The lowest BCUT2D eigenvalue weighted by atomic mass is 9.80. The van der Waals surface area contributed by atoms with Gasteiger partial charge in [0.1, 0.15) is 0 Å². The van der Waals surface area contributed by atoms with Crippen LogP contribution >= 0.6 is 45.9 Å². The molecular weight excluding hydrogens is 603 g/mol. The zero-order chi connectivity index (χ0) is 29.2. The second kappa shape index (κ2) is 12.6. The number of hydrogen-bond donors (Lipinski definition) is 2. The van der Waals surface area contributed by atoms with Crippen LogP contribution in [0.4, 0.5) is 0 Å². The third-order valence-corrected chi connectivity index (χ3v) is 10.9. The van der Waals surface area contributed by atoms with E-state index in [1.54, 1.807) is 28.7 Å². The van der Waals surface area contributed by atoms with Gasteiger partial charge in [-0.05, 0) is 76.9 Å². The molecule has 2 heterocycles. The topological polar surface area (TPSA) is 58.2 Å². The average Bonchev–Trinajstić information content (AvgIpc) is 3.63. The molecule has 0 saturated heterocycles. The molecule has 4 atom stereocenters. The number of halogens is 2. The third kappa shape index (κ3) is 6.13. The Balaban J connectivity index is 1.19. The van der Waals surface area contributed by atoms with E-state index in [4.69, 9.17) is 23.2 Å². The van der Waals surface area contributed by atoms with Crippen molar-refractivity contribution in [1.29, 1.82) is 0 Å². The highest BCUT2D eigenvalue weighted by Gasteiger charge is 2.32. The summed E-state index contributed by atoms with van der Waals surface area (Å²) in [7, 11) is 0. The zero-order valence-corrected chi connectivity index (χ0v) is 26.0. The first-order valence-electron chi connectivity index (χ1n) is 14.0. The largest absolute Gasteiger partial charge is 0.349 e. The number of carbonyl (C=O) groups is 2. The van der Waals surface area contributed by atoms with Crippen molar-refractivity contribution in [2.24, 2.45) is 0 Å². The highest BCUT2D eigenvalue weighted by Crippen LogP contribution is 2.44. The van der Waals surface area contributed by atoms with Gasteiger partial charge in [-0.3, -0.25) is 9.59 Å². The van der Waals surface area contributed by atoms with E-state index in [0.717, 1.165) is 46.7 Å². The van der Waals surface area contributed by atoms with Gasteiger partial charge in [0.25, 0.3) is 0 Å². The monoisotopic (exact) mass is 632 g/mol. The third-order valence-electron chi connectivity index (χ3n) is 8.13. The van der Waals surface area contributed by atoms with Gasteiger partial charge in [0, 0.05) is 67.5 Å². The maximum atomic E-state index is 13.1. The minimum atomic E-state index is -0.177. The molecule has 2 aliphatic rings. The molecule has 2 aliphatic carbocycles. The molecule has 0 radical (unpaired) electrons. The van der Waals surface area contributed by atoms with E-state index >= 15 is 0 Å². The van der Waals surface area contributed by atoms with E-state index in [-0.39, 0.29) is 35.7 Å². The van der Waals surface area contributed by atoms with Crippen LogP contribution in [0.3, 0.4) is 0 Å². The molecule has 0 bridgehead atoms. The van der Waals surface area contributed by atoms with E-state index < -0.39 is 0 Å². The summed E-state index contributed by atoms with van der Waals surface area (Å²) in [6.45, 7) is 3.60. The Bertz CT molecular complexity index is 1670. The first-order valence-corrected chi connectivity index (χ1v) is 16.4. The van der Waals surface area contributed by atoms with E-state index in [0.29, 0.717) is 5.02 Å². The fraction of sp³-hybridized carbons (Fsp3) is 0.235. The van der Waals surface area contributed by atoms with Crippen LogP contribution in [-0.2, 0) is 22.4 Å². The van der Waals surface area contributed by atoms with Gasteiger partial charge in [0.15, 0.2) is 0 Å². The Morgan fingerprint density at radius 2 is 1.38 bits per heavy atom. The van der Waals surface area contributed by atoms with Crippen molar-refractivity contribution in [2.75, 3.05) is 0 Å². The minimum absolute atomic E-state index is 0.0185. The molecule has 214 valence electrons. The molecule has 0 fully saturated rings. The second-order valence-corrected chi connectivity index (χ2v) is 13.8. The molecule has 8 heteroatoms. The lowest BCUT2D eigenvalue weighted by molar-refractivity contribution is -0.118. The van der Waals surface area contributed by atoms with Gasteiger partial charge in [0.2, 0.25) is 11.8 Å². The van der Waals surface area contributed by atoms with Crippen molar-refractivity contribution < 1.29 is 9.59 Å². The molecule has 0 unspecified atom stereocenters. The number of thiophene rings is 2. The maximum Gasteiger partial charge on any atom is 0.244 e. The minimum Gasteiger partial charge on any atom is -0.349 e. The quantitative estimate of drug-likeness (QED) is 0.202. The van der Waals surface area contributed by atoms with Crippen molar-refractivity contribution in [1.82, 2.24) is 10.6 Å². The molecular formula is C34H30Cl2N2O2S2. The molecule has 2 N–H and O–H groups in total. The maximum absolute atomic E-state index is 13.1. The Kier molecular flexibility index (Phi) is 8.68. The number of rotatable bonds is 7. The van der Waals surface area contributed by atoms with Crippen LogP contribution in [0.5, 0.6) is 0 Å².